The first-order chi connectivity index (χ1) is 10.0. The van der Waals surface area contributed by atoms with Gasteiger partial charge in [0.1, 0.15) is 10.7 Å². The number of nitriles is 1. The SMILES string of the molecule is CC(N)c1nc(C(=O)N(C)Cc2cccc(C#N)c2)cs1. The predicted molar refractivity (Wildman–Crippen MR) is 81.7 cm³/mol. The van der Waals surface area contributed by atoms with Crippen LogP contribution in [0.1, 0.15) is 39.6 Å². The van der Waals surface area contributed by atoms with Crippen molar-refractivity contribution in [2.45, 2.75) is 19.5 Å². The highest BCUT2D eigenvalue weighted by molar-refractivity contribution is 7.09. The van der Waals surface area contributed by atoms with Gasteiger partial charge in [0, 0.05) is 19.0 Å². The zero-order chi connectivity index (χ0) is 15.4. The standard InChI is InChI=1S/C15H16N4OS/c1-10(17)14-18-13(9-21-14)15(20)19(2)8-12-5-3-4-11(6-12)7-16/h3-6,9-10H,8,17H2,1-2H3. The van der Waals surface area contributed by atoms with Gasteiger partial charge in [-0.05, 0) is 24.6 Å². The summed E-state index contributed by atoms with van der Waals surface area (Å²) in [5.74, 6) is -0.152. The molecule has 1 amide bonds. The maximum absolute atomic E-state index is 12.3. The highest BCUT2D eigenvalue weighted by Crippen LogP contribution is 2.17. The topological polar surface area (TPSA) is 83.0 Å². The zero-order valence-electron chi connectivity index (χ0n) is 11.9. The number of hydrogen-bond donors (Lipinski definition) is 1. The molecule has 1 unspecified atom stereocenters. The third kappa shape index (κ3) is 3.66. The quantitative estimate of drug-likeness (QED) is 0.939. The van der Waals surface area contributed by atoms with Gasteiger partial charge in [-0.25, -0.2) is 4.98 Å². The molecule has 108 valence electrons. The molecular weight excluding hydrogens is 284 g/mol. The lowest BCUT2D eigenvalue weighted by molar-refractivity contribution is 0.0780. The zero-order valence-corrected chi connectivity index (χ0v) is 12.7. The molecule has 0 bridgehead atoms. The molecule has 0 aliphatic carbocycles. The number of nitrogens with zero attached hydrogens (tertiary/aromatic N) is 3. The number of carbonyl (C=O) groups excluding carboxylic acids is 1. The Labute approximate surface area is 127 Å². The van der Waals surface area contributed by atoms with E-state index in [9.17, 15) is 4.79 Å². The van der Waals surface area contributed by atoms with Crippen molar-refractivity contribution in [1.29, 1.82) is 5.26 Å². The fraction of sp³-hybridized carbons (Fsp3) is 0.267. The highest BCUT2D eigenvalue weighted by Gasteiger charge is 2.17. The lowest BCUT2D eigenvalue weighted by atomic mass is 10.1. The Hall–Kier alpha value is -2.23. The van der Waals surface area contributed by atoms with Crippen LogP contribution in [0.3, 0.4) is 0 Å². The van der Waals surface area contributed by atoms with Gasteiger partial charge in [-0.3, -0.25) is 4.79 Å². The molecule has 0 aliphatic heterocycles. The van der Waals surface area contributed by atoms with E-state index in [1.165, 1.54) is 11.3 Å². The van der Waals surface area contributed by atoms with Crippen molar-refractivity contribution in [3.05, 3.63) is 51.5 Å². The number of hydrogen-bond acceptors (Lipinski definition) is 5. The summed E-state index contributed by atoms with van der Waals surface area (Å²) in [7, 11) is 1.71. The molecule has 2 rings (SSSR count). The van der Waals surface area contributed by atoms with E-state index >= 15 is 0 Å². The Kier molecular flexibility index (Phi) is 4.68. The highest BCUT2D eigenvalue weighted by atomic mass is 32.1. The van der Waals surface area contributed by atoms with Gasteiger partial charge in [0.25, 0.3) is 5.91 Å². The summed E-state index contributed by atoms with van der Waals surface area (Å²) in [6, 6.07) is 9.13. The van der Waals surface area contributed by atoms with Crippen LogP contribution in [0.4, 0.5) is 0 Å². The molecule has 1 heterocycles. The van der Waals surface area contributed by atoms with E-state index in [-0.39, 0.29) is 11.9 Å². The van der Waals surface area contributed by atoms with Gasteiger partial charge in [-0.15, -0.1) is 11.3 Å². The summed E-state index contributed by atoms with van der Waals surface area (Å²) in [6.45, 7) is 2.27. The third-order valence-corrected chi connectivity index (χ3v) is 4.00. The smallest absolute Gasteiger partial charge is 0.273 e. The molecule has 0 saturated heterocycles. The molecule has 2 aromatic rings. The van der Waals surface area contributed by atoms with E-state index in [0.717, 1.165) is 10.6 Å². The van der Waals surface area contributed by atoms with Gasteiger partial charge in [-0.2, -0.15) is 5.26 Å². The fourth-order valence-electron chi connectivity index (χ4n) is 1.88. The van der Waals surface area contributed by atoms with Crippen LogP contribution >= 0.6 is 11.3 Å². The molecule has 2 N–H and O–H groups in total. The molecule has 0 radical (unpaired) electrons. The van der Waals surface area contributed by atoms with Crippen LogP contribution in [-0.2, 0) is 6.54 Å². The molecule has 6 heteroatoms. The van der Waals surface area contributed by atoms with Crippen LogP contribution in [0.25, 0.3) is 0 Å². The molecule has 1 aromatic heterocycles. The average Bonchev–Trinajstić information content (AvgIpc) is 2.96. The van der Waals surface area contributed by atoms with Gasteiger partial charge < -0.3 is 10.6 Å². The van der Waals surface area contributed by atoms with Crippen LogP contribution < -0.4 is 5.73 Å². The minimum Gasteiger partial charge on any atom is -0.336 e. The Bertz CT molecular complexity index is 687. The van der Waals surface area contributed by atoms with Crippen molar-refractivity contribution in [3.63, 3.8) is 0 Å². The van der Waals surface area contributed by atoms with Crippen molar-refractivity contribution in [2.75, 3.05) is 7.05 Å². The maximum Gasteiger partial charge on any atom is 0.273 e. The molecule has 0 saturated carbocycles. The molecule has 0 aliphatic rings. The van der Waals surface area contributed by atoms with Crippen molar-refractivity contribution in [3.8, 4) is 6.07 Å². The lowest BCUT2D eigenvalue weighted by Gasteiger charge is -2.16. The van der Waals surface area contributed by atoms with Crippen LogP contribution in [0.2, 0.25) is 0 Å². The predicted octanol–water partition coefficient (Wildman–Crippen LogP) is 2.31. The summed E-state index contributed by atoms with van der Waals surface area (Å²) in [6.07, 6.45) is 0. The van der Waals surface area contributed by atoms with Crippen molar-refractivity contribution in [1.82, 2.24) is 9.88 Å². The largest absolute Gasteiger partial charge is 0.336 e. The first-order valence-corrected chi connectivity index (χ1v) is 7.34. The molecule has 1 aromatic carbocycles. The molecule has 5 nitrogen and oxygen atoms in total. The van der Waals surface area contributed by atoms with Crippen LogP contribution in [0, 0.1) is 11.3 Å². The molecule has 0 spiro atoms. The van der Waals surface area contributed by atoms with Gasteiger partial charge in [-0.1, -0.05) is 12.1 Å². The van der Waals surface area contributed by atoms with E-state index in [2.05, 4.69) is 11.1 Å². The summed E-state index contributed by atoms with van der Waals surface area (Å²) >= 11 is 1.39. The summed E-state index contributed by atoms with van der Waals surface area (Å²) in [4.78, 5) is 18.1. The molecule has 21 heavy (non-hydrogen) atoms. The minimum absolute atomic E-state index is 0.152. The number of nitrogens with two attached hydrogens (primary N) is 1. The second-order valence-electron chi connectivity index (χ2n) is 4.83. The summed E-state index contributed by atoms with van der Waals surface area (Å²) in [5.41, 5.74) is 7.65. The van der Waals surface area contributed by atoms with Gasteiger partial charge in [0.05, 0.1) is 17.7 Å². The monoisotopic (exact) mass is 300 g/mol. The second-order valence-corrected chi connectivity index (χ2v) is 5.72. The minimum atomic E-state index is -0.172. The van der Waals surface area contributed by atoms with Crippen molar-refractivity contribution >= 4 is 17.2 Å². The Balaban J connectivity index is 2.10. The Morgan fingerprint density at radius 2 is 2.33 bits per heavy atom. The first kappa shape index (κ1) is 15.2. The third-order valence-electron chi connectivity index (χ3n) is 2.95. The Morgan fingerprint density at radius 3 is 2.95 bits per heavy atom. The number of carbonyl (C=O) groups is 1. The molecule has 0 fully saturated rings. The van der Waals surface area contributed by atoms with Crippen LogP contribution in [-0.4, -0.2) is 22.8 Å². The second kappa shape index (κ2) is 6.48. The number of thiazole rings is 1. The maximum atomic E-state index is 12.3. The van der Waals surface area contributed by atoms with Crippen LogP contribution in [0.5, 0.6) is 0 Å². The molecule has 1 atom stereocenters. The summed E-state index contributed by atoms with van der Waals surface area (Å²) < 4.78 is 0. The van der Waals surface area contributed by atoms with E-state index in [1.54, 1.807) is 29.5 Å². The number of amides is 1. The Morgan fingerprint density at radius 1 is 1.57 bits per heavy atom. The van der Waals surface area contributed by atoms with Gasteiger partial charge in [0.2, 0.25) is 0 Å². The molecular formula is C15H16N4OS. The first-order valence-electron chi connectivity index (χ1n) is 6.46. The van der Waals surface area contributed by atoms with Crippen LogP contribution in [0.15, 0.2) is 29.6 Å². The number of aromatic nitrogens is 1. The van der Waals surface area contributed by atoms with E-state index in [0.29, 0.717) is 17.8 Å². The lowest BCUT2D eigenvalue weighted by Crippen LogP contribution is -2.26. The number of benzene rings is 1. The van der Waals surface area contributed by atoms with E-state index < -0.39 is 0 Å². The van der Waals surface area contributed by atoms with Gasteiger partial charge in [0.15, 0.2) is 0 Å². The average molecular weight is 300 g/mol. The van der Waals surface area contributed by atoms with E-state index in [4.69, 9.17) is 11.0 Å². The fourth-order valence-corrected chi connectivity index (χ4v) is 2.63. The normalized spacial score (nSPS) is 11.7. The van der Waals surface area contributed by atoms with Crippen molar-refractivity contribution in [2.24, 2.45) is 5.73 Å². The summed E-state index contributed by atoms with van der Waals surface area (Å²) in [5, 5.41) is 11.4. The van der Waals surface area contributed by atoms with Gasteiger partial charge >= 0.3 is 0 Å². The number of rotatable bonds is 4. The van der Waals surface area contributed by atoms with Crippen molar-refractivity contribution < 1.29 is 4.79 Å². The van der Waals surface area contributed by atoms with E-state index in [1.807, 2.05) is 19.1 Å².